The Balaban J connectivity index is 0.000000361. The Morgan fingerprint density at radius 3 is 0.763 bits per heavy atom. The fraction of sp³-hybridized carbons (Fsp3) is 0. The fourth-order valence-corrected chi connectivity index (χ4v) is 12.6. The Labute approximate surface area is 267 Å². The first-order chi connectivity index (χ1) is 17.1. The molecule has 0 aliphatic rings. The van der Waals surface area contributed by atoms with E-state index in [-0.39, 0.29) is 44.8 Å². The minimum absolute atomic E-state index is 0. The third kappa shape index (κ3) is 7.55. The van der Waals surface area contributed by atoms with Crippen LogP contribution in [0.15, 0.2) is 121 Å². The second-order valence-electron chi connectivity index (χ2n) is 8.52. The third-order valence-corrected chi connectivity index (χ3v) is 18.6. The normalized spacial score (nSPS) is 12.6. The summed E-state index contributed by atoms with van der Waals surface area (Å²) in [4.78, 5) is 0. The molecule has 0 saturated heterocycles. The van der Waals surface area contributed by atoms with E-state index in [0.29, 0.717) is 0 Å². The van der Waals surface area contributed by atoms with E-state index in [9.17, 15) is 0 Å². The second-order valence-corrected chi connectivity index (χ2v) is 23.3. The van der Waals surface area contributed by atoms with Gasteiger partial charge in [0.05, 0.1) is 0 Å². The summed E-state index contributed by atoms with van der Waals surface area (Å²) in [5.74, 6) is -5.86. The van der Waals surface area contributed by atoms with E-state index in [1.54, 1.807) is 0 Å². The molecule has 0 aliphatic heterocycles. The van der Waals surface area contributed by atoms with Crippen LogP contribution in [0.3, 0.4) is 0 Å². The van der Waals surface area contributed by atoms with Crippen molar-refractivity contribution in [2.75, 3.05) is 0 Å². The summed E-state index contributed by atoms with van der Waals surface area (Å²) in [5.41, 5.74) is 0. The summed E-state index contributed by atoms with van der Waals surface area (Å²) in [5, 5.41) is 26.9. The molecule has 206 valence electrons. The van der Waals surface area contributed by atoms with E-state index < -0.39 is 11.6 Å². The fourth-order valence-electron chi connectivity index (χ4n) is 3.80. The zero-order valence-electron chi connectivity index (χ0n) is 20.6. The molecule has 2 radical (unpaired) electrons. The zero-order chi connectivity index (χ0) is 26.2. The summed E-state index contributed by atoms with van der Waals surface area (Å²) in [7, 11) is 0. The molecule has 4 aromatic rings. The van der Waals surface area contributed by atoms with Crippen LogP contribution in [-0.4, -0.2) is 0 Å². The first-order valence-corrected chi connectivity index (χ1v) is 19.1. The Kier molecular flexibility index (Phi) is 13.3. The third-order valence-electron chi connectivity index (χ3n) is 5.95. The SMILES string of the molecule is [Au].[Au].[CH2-]P([CH2-])(SC#N)(c1ccccc1)c1ccccc1.[CH2-]P([CH2-])(SC#N)(c1ccccc1)c1ccccc1. The Morgan fingerprint density at radius 2 is 0.605 bits per heavy atom. The Bertz CT molecular complexity index is 1180. The molecule has 38 heavy (non-hydrogen) atoms. The molecule has 4 rings (SSSR count). The molecule has 2 nitrogen and oxygen atoms in total. The van der Waals surface area contributed by atoms with Crippen LogP contribution in [0, 0.1) is 48.0 Å². The molecule has 0 spiro atoms. The van der Waals surface area contributed by atoms with Gasteiger partial charge in [0, 0.05) is 44.8 Å². The predicted octanol–water partition coefficient (Wildman–Crippen LogP) is 7.80. The molecular formula is C30H28Au2N2P2S2-4. The maximum absolute atomic E-state index is 9.16. The van der Waals surface area contributed by atoms with Crippen LogP contribution in [0.25, 0.3) is 0 Å². The number of hydrogen-bond acceptors (Lipinski definition) is 4. The van der Waals surface area contributed by atoms with E-state index in [0.717, 1.165) is 21.2 Å². The van der Waals surface area contributed by atoms with Gasteiger partial charge in [0.25, 0.3) is 0 Å². The monoisotopic (exact) mass is 936 g/mol. The number of nitriles is 2. The van der Waals surface area contributed by atoms with Gasteiger partial charge >= 0.3 is 225 Å². The van der Waals surface area contributed by atoms with Gasteiger partial charge in [-0.3, -0.25) is 0 Å². The molecule has 0 N–H and O–H groups in total. The predicted molar refractivity (Wildman–Crippen MR) is 166 cm³/mol. The average molecular weight is 937 g/mol. The molecule has 8 heteroatoms. The van der Waals surface area contributed by atoms with Gasteiger partial charge in [0.1, 0.15) is 0 Å². The van der Waals surface area contributed by atoms with Crippen LogP contribution in [0.4, 0.5) is 0 Å². The van der Waals surface area contributed by atoms with Gasteiger partial charge in [-0.25, -0.2) is 0 Å². The van der Waals surface area contributed by atoms with Crippen molar-refractivity contribution in [1.29, 1.82) is 10.5 Å². The van der Waals surface area contributed by atoms with Gasteiger partial charge < -0.3 is 0 Å². The standard InChI is InChI=1S/2C15H14NPS.2Au/c2*1-17(2,18-13-16,14-9-5-3-6-10-14)15-11-7-4-8-12-15;;/h2*3-12H,1-2H2;;/q2*-2;;. The maximum atomic E-state index is 9.16. The Morgan fingerprint density at radius 1 is 0.421 bits per heavy atom. The molecule has 0 atom stereocenters. The van der Waals surface area contributed by atoms with Crippen molar-refractivity contribution < 1.29 is 44.8 Å². The van der Waals surface area contributed by atoms with Gasteiger partial charge in [-0.15, -0.1) is 0 Å². The van der Waals surface area contributed by atoms with Crippen LogP contribution in [0.1, 0.15) is 0 Å². The van der Waals surface area contributed by atoms with E-state index in [1.165, 1.54) is 22.8 Å². The van der Waals surface area contributed by atoms with Crippen LogP contribution >= 0.6 is 34.4 Å². The zero-order valence-corrected chi connectivity index (χ0v) is 28.3. The number of rotatable bonds is 6. The number of thiocyanates is 2. The van der Waals surface area contributed by atoms with Crippen molar-refractivity contribution in [2.45, 2.75) is 0 Å². The first kappa shape index (κ1) is 34.9. The van der Waals surface area contributed by atoms with Crippen LogP contribution < -0.4 is 21.2 Å². The van der Waals surface area contributed by atoms with Crippen molar-refractivity contribution in [2.24, 2.45) is 0 Å². The van der Waals surface area contributed by atoms with Crippen LogP contribution in [0.5, 0.6) is 0 Å². The van der Waals surface area contributed by atoms with Gasteiger partial charge in [-0.05, 0) is 0 Å². The van der Waals surface area contributed by atoms with Crippen molar-refractivity contribution in [3.05, 3.63) is 148 Å². The molecule has 0 heterocycles. The number of benzene rings is 4. The van der Waals surface area contributed by atoms with E-state index in [2.05, 4.69) is 37.5 Å². The van der Waals surface area contributed by atoms with E-state index in [4.69, 9.17) is 10.5 Å². The summed E-state index contributed by atoms with van der Waals surface area (Å²) >= 11 is 2.40. The molecule has 0 bridgehead atoms. The molecule has 0 aliphatic carbocycles. The van der Waals surface area contributed by atoms with Gasteiger partial charge in [0.2, 0.25) is 0 Å². The van der Waals surface area contributed by atoms with Crippen molar-refractivity contribution in [1.82, 2.24) is 0 Å². The topological polar surface area (TPSA) is 47.6 Å². The van der Waals surface area contributed by atoms with Crippen molar-refractivity contribution in [3.8, 4) is 10.8 Å². The van der Waals surface area contributed by atoms with E-state index in [1.807, 2.05) is 121 Å². The summed E-state index contributed by atoms with van der Waals surface area (Å²) in [6.07, 6.45) is 0. The molecule has 0 fully saturated rings. The van der Waals surface area contributed by atoms with Gasteiger partial charge in [0.15, 0.2) is 0 Å². The molecular weight excluding hydrogens is 908 g/mol. The molecule has 0 amide bonds. The summed E-state index contributed by atoms with van der Waals surface area (Å²) < 4.78 is 0. The molecule has 4 aromatic carbocycles. The van der Waals surface area contributed by atoms with Crippen molar-refractivity contribution in [3.63, 3.8) is 0 Å². The summed E-state index contributed by atoms with van der Waals surface area (Å²) in [6, 6.07) is 39.6. The molecule has 0 unspecified atom stereocenters. The minimum atomic E-state index is -2.93. The second kappa shape index (κ2) is 14.5. The molecule has 0 saturated carbocycles. The first-order valence-electron chi connectivity index (χ1n) is 11.0. The van der Waals surface area contributed by atoms with E-state index >= 15 is 0 Å². The summed E-state index contributed by atoms with van der Waals surface area (Å²) in [6.45, 7) is 17.6. The number of nitrogens with zero attached hydrogens (tertiary/aromatic N) is 2. The van der Waals surface area contributed by atoms with Gasteiger partial charge in [-0.2, -0.15) is 0 Å². The Hall–Kier alpha value is -1.10. The van der Waals surface area contributed by atoms with Crippen LogP contribution in [-0.2, 0) is 44.8 Å². The van der Waals surface area contributed by atoms with Crippen LogP contribution in [0.2, 0.25) is 0 Å². The quantitative estimate of drug-likeness (QED) is 0.0858. The molecule has 0 aromatic heterocycles. The van der Waals surface area contributed by atoms with Crippen molar-refractivity contribution >= 4 is 55.6 Å². The average Bonchev–Trinajstić information content (AvgIpc) is 2.91. The number of hydrogen-bond donors (Lipinski definition) is 0. The van der Waals surface area contributed by atoms with Gasteiger partial charge in [-0.1, -0.05) is 0 Å².